The van der Waals surface area contributed by atoms with Crippen molar-refractivity contribution in [3.8, 4) is 0 Å². The van der Waals surface area contributed by atoms with E-state index in [4.69, 9.17) is 4.74 Å². The van der Waals surface area contributed by atoms with Gasteiger partial charge in [-0.15, -0.1) is 0 Å². The Labute approximate surface area is 470 Å². The van der Waals surface area contributed by atoms with Crippen LogP contribution in [0.2, 0.25) is 0 Å². The smallest absolute Gasteiger partial charge is 0.305 e. The topological polar surface area (TPSA) is 95.9 Å². The molecule has 1 amide bonds. The van der Waals surface area contributed by atoms with E-state index < -0.39 is 12.1 Å². The van der Waals surface area contributed by atoms with Crippen LogP contribution in [0.1, 0.15) is 406 Å². The summed E-state index contributed by atoms with van der Waals surface area (Å²) in [5.74, 6) is -0.0266. The van der Waals surface area contributed by atoms with Gasteiger partial charge in [0.25, 0.3) is 0 Å². The fraction of sp³-hybridized carbons (Fsp3) is 0.971. The van der Waals surface area contributed by atoms with Crippen LogP contribution in [0.4, 0.5) is 0 Å². The van der Waals surface area contributed by atoms with Crippen molar-refractivity contribution in [3.05, 3.63) is 0 Å². The van der Waals surface area contributed by atoms with Crippen molar-refractivity contribution in [2.75, 3.05) is 13.2 Å². The van der Waals surface area contributed by atoms with Gasteiger partial charge in [0.05, 0.1) is 25.4 Å². The zero-order chi connectivity index (χ0) is 54.3. The maximum absolute atomic E-state index is 12.6. The molecule has 0 fully saturated rings. The summed E-state index contributed by atoms with van der Waals surface area (Å²) in [4.78, 5) is 24.7. The van der Waals surface area contributed by atoms with Gasteiger partial charge in [0, 0.05) is 12.8 Å². The first-order chi connectivity index (χ1) is 37.0. The molecule has 6 heteroatoms. The molecule has 3 N–H and O–H groups in total. The molecule has 0 aliphatic carbocycles. The van der Waals surface area contributed by atoms with E-state index >= 15 is 0 Å². The van der Waals surface area contributed by atoms with Gasteiger partial charge in [-0.1, -0.05) is 367 Å². The van der Waals surface area contributed by atoms with Crippen molar-refractivity contribution in [3.63, 3.8) is 0 Å². The molecule has 0 heterocycles. The van der Waals surface area contributed by atoms with Gasteiger partial charge in [-0.2, -0.15) is 0 Å². The number of rotatable bonds is 66. The molecule has 0 aromatic heterocycles. The molecule has 0 spiro atoms. The Morgan fingerprint density at radius 2 is 0.547 bits per heavy atom. The molecular formula is C69H137NO5. The molecule has 2 atom stereocenters. The summed E-state index contributed by atoms with van der Waals surface area (Å²) in [6, 6.07) is -0.547. The van der Waals surface area contributed by atoms with Gasteiger partial charge in [0.2, 0.25) is 5.91 Å². The highest BCUT2D eigenvalue weighted by atomic mass is 16.5. The lowest BCUT2D eigenvalue weighted by atomic mass is 10.0. The molecule has 0 saturated heterocycles. The van der Waals surface area contributed by atoms with Crippen LogP contribution >= 0.6 is 0 Å². The first-order valence-electron chi connectivity index (χ1n) is 34.8. The zero-order valence-electron chi connectivity index (χ0n) is 51.3. The molecule has 0 aliphatic rings. The second kappa shape index (κ2) is 65.4. The number of esters is 1. The largest absolute Gasteiger partial charge is 0.466 e. The van der Waals surface area contributed by atoms with Gasteiger partial charge in [0.1, 0.15) is 0 Å². The number of aliphatic hydroxyl groups is 2. The number of unbranched alkanes of at least 4 members (excludes halogenated alkanes) is 55. The molecular weight excluding hydrogens is 923 g/mol. The van der Waals surface area contributed by atoms with Crippen molar-refractivity contribution in [2.45, 2.75) is 418 Å². The average molecular weight is 1060 g/mol. The van der Waals surface area contributed by atoms with Crippen LogP contribution in [0, 0.1) is 0 Å². The van der Waals surface area contributed by atoms with Crippen molar-refractivity contribution < 1.29 is 24.5 Å². The molecule has 0 rings (SSSR count). The monoisotopic (exact) mass is 1060 g/mol. The summed E-state index contributed by atoms with van der Waals surface area (Å²) >= 11 is 0. The lowest BCUT2D eigenvalue weighted by Crippen LogP contribution is -2.45. The third-order valence-electron chi connectivity index (χ3n) is 16.7. The van der Waals surface area contributed by atoms with Gasteiger partial charge in [-0.05, 0) is 25.7 Å². The third-order valence-corrected chi connectivity index (χ3v) is 16.7. The summed E-state index contributed by atoms with van der Waals surface area (Å²) < 4.78 is 5.50. The van der Waals surface area contributed by atoms with Crippen molar-refractivity contribution in [1.82, 2.24) is 5.32 Å². The van der Waals surface area contributed by atoms with Crippen LogP contribution in [0.15, 0.2) is 0 Å². The summed E-state index contributed by atoms with van der Waals surface area (Å²) in [6.07, 6.45) is 78.5. The highest BCUT2D eigenvalue weighted by Crippen LogP contribution is 2.19. The fourth-order valence-corrected chi connectivity index (χ4v) is 11.4. The first-order valence-corrected chi connectivity index (χ1v) is 34.8. The minimum atomic E-state index is -0.669. The van der Waals surface area contributed by atoms with Crippen molar-refractivity contribution in [2.24, 2.45) is 0 Å². The minimum Gasteiger partial charge on any atom is -0.466 e. The predicted molar refractivity (Wildman–Crippen MR) is 329 cm³/mol. The minimum absolute atomic E-state index is 0.00907. The van der Waals surface area contributed by atoms with E-state index in [2.05, 4.69) is 19.2 Å². The lowest BCUT2D eigenvalue weighted by molar-refractivity contribution is -0.143. The Morgan fingerprint density at radius 1 is 0.320 bits per heavy atom. The van der Waals surface area contributed by atoms with Crippen LogP contribution < -0.4 is 5.32 Å². The Morgan fingerprint density at radius 3 is 0.813 bits per heavy atom. The first kappa shape index (κ1) is 73.9. The molecule has 448 valence electrons. The number of amides is 1. The Hall–Kier alpha value is -1.14. The second-order valence-corrected chi connectivity index (χ2v) is 24.2. The zero-order valence-corrected chi connectivity index (χ0v) is 51.3. The van der Waals surface area contributed by atoms with Gasteiger partial charge < -0.3 is 20.3 Å². The van der Waals surface area contributed by atoms with E-state index in [1.165, 1.54) is 334 Å². The highest BCUT2D eigenvalue weighted by molar-refractivity contribution is 5.76. The van der Waals surface area contributed by atoms with E-state index in [1.807, 2.05) is 0 Å². The van der Waals surface area contributed by atoms with Crippen LogP contribution in [0.3, 0.4) is 0 Å². The normalized spacial score (nSPS) is 12.4. The maximum atomic E-state index is 12.6. The maximum Gasteiger partial charge on any atom is 0.305 e. The highest BCUT2D eigenvalue weighted by Gasteiger charge is 2.20. The number of hydrogen-bond acceptors (Lipinski definition) is 5. The van der Waals surface area contributed by atoms with E-state index in [-0.39, 0.29) is 18.5 Å². The SMILES string of the molecule is CCCCCCCCCCCCCCCCCCCCCCCCCCCC(O)C(CO)NC(=O)CCCCCCCCCCCCCCCCCCOC(=O)CCCCCCCCCCCCCCCCCCC. The molecule has 0 radical (unpaired) electrons. The van der Waals surface area contributed by atoms with Crippen molar-refractivity contribution in [1.29, 1.82) is 0 Å². The molecule has 0 aromatic rings. The number of hydrogen-bond donors (Lipinski definition) is 3. The van der Waals surface area contributed by atoms with Crippen LogP contribution in [0.5, 0.6) is 0 Å². The molecule has 0 bridgehead atoms. The van der Waals surface area contributed by atoms with Gasteiger partial charge in [-0.3, -0.25) is 9.59 Å². The summed E-state index contributed by atoms with van der Waals surface area (Å²) in [5, 5.41) is 23.4. The molecule has 0 aliphatic heterocycles. The van der Waals surface area contributed by atoms with E-state index in [9.17, 15) is 19.8 Å². The predicted octanol–water partition coefficient (Wildman–Crippen LogP) is 22.2. The van der Waals surface area contributed by atoms with E-state index in [0.29, 0.717) is 25.9 Å². The molecule has 0 aromatic carbocycles. The van der Waals surface area contributed by atoms with E-state index in [0.717, 1.165) is 38.5 Å². The Bertz CT molecular complexity index is 1080. The number of nitrogens with one attached hydrogen (secondary N) is 1. The molecule has 2 unspecified atom stereocenters. The van der Waals surface area contributed by atoms with Gasteiger partial charge in [-0.25, -0.2) is 0 Å². The number of carbonyl (C=O) groups excluding carboxylic acids is 2. The summed E-state index contributed by atoms with van der Waals surface area (Å²) in [7, 11) is 0. The molecule has 0 saturated carbocycles. The van der Waals surface area contributed by atoms with Crippen molar-refractivity contribution >= 4 is 11.9 Å². The lowest BCUT2D eigenvalue weighted by Gasteiger charge is -2.22. The number of aliphatic hydroxyl groups excluding tert-OH is 2. The number of ether oxygens (including phenoxy) is 1. The van der Waals surface area contributed by atoms with Gasteiger partial charge >= 0.3 is 5.97 Å². The summed E-state index contributed by atoms with van der Waals surface area (Å²) in [6.45, 7) is 4.99. The quantitative estimate of drug-likeness (QED) is 0.0417. The average Bonchev–Trinajstić information content (AvgIpc) is 3.41. The third kappa shape index (κ3) is 61.9. The second-order valence-electron chi connectivity index (χ2n) is 24.2. The number of carbonyl (C=O) groups is 2. The summed E-state index contributed by atoms with van der Waals surface area (Å²) in [5.41, 5.74) is 0. The molecule has 75 heavy (non-hydrogen) atoms. The molecule has 6 nitrogen and oxygen atoms in total. The van der Waals surface area contributed by atoms with Crippen LogP contribution in [-0.4, -0.2) is 47.4 Å². The Balaban J connectivity index is 3.39. The van der Waals surface area contributed by atoms with E-state index in [1.54, 1.807) is 0 Å². The fourth-order valence-electron chi connectivity index (χ4n) is 11.4. The van der Waals surface area contributed by atoms with Crippen LogP contribution in [0.25, 0.3) is 0 Å². The standard InChI is InChI=1S/C69H137NO5/c1-3-5-7-9-11-13-15-17-19-21-22-23-24-25-26-27-28-30-33-37-41-45-49-53-57-61-67(72)66(65-71)70-68(73)62-58-54-50-46-42-38-34-31-32-36-40-44-48-52-56-60-64-75-69(74)63-59-55-51-47-43-39-35-29-20-18-16-14-12-10-8-6-4-2/h66-67,71-72H,3-65H2,1-2H3,(H,70,73). The van der Waals surface area contributed by atoms with Gasteiger partial charge in [0.15, 0.2) is 0 Å². The Kier molecular flexibility index (Phi) is 64.4. The van der Waals surface area contributed by atoms with Crippen LogP contribution in [-0.2, 0) is 14.3 Å².